The number of imidazole rings is 1. The van der Waals surface area contributed by atoms with Gasteiger partial charge in [-0.15, -0.1) is 0 Å². The number of fused-ring (bicyclic) bond motifs is 1. The van der Waals surface area contributed by atoms with Crippen molar-refractivity contribution in [3.63, 3.8) is 0 Å². The van der Waals surface area contributed by atoms with E-state index in [2.05, 4.69) is 39.3 Å². The van der Waals surface area contributed by atoms with E-state index >= 15 is 0 Å². The van der Waals surface area contributed by atoms with Crippen LogP contribution in [0.3, 0.4) is 0 Å². The van der Waals surface area contributed by atoms with Crippen LogP contribution < -0.4 is 0 Å². The van der Waals surface area contributed by atoms with E-state index in [9.17, 15) is 4.79 Å². The van der Waals surface area contributed by atoms with E-state index in [0.717, 1.165) is 33.6 Å². The Bertz CT molecular complexity index is 625. The highest BCUT2D eigenvalue weighted by Crippen LogP contribution is 2.27. The number of thioether (sulfide) groups is 1. The molecule has 1 aromatic carbocycles. The van der Waals surface area contributed by atoms with Crippen LogP contribution in [0.5, 0.6) is 0 Å². The van der Waals surface area contributed by atoms with Gasteiger partial charge in [0.25, 0.3) is 0 Å². The Balaban J connectivity index is 2.36. The van der Waals surface area contributed by atoms with Crippen molar-refractivity contribution in [3.8, 4) is 0 Å². The summed E-state index contributed by atoms with van der Waals surface area (Å²) >= 11 is 4.72. The van der Waals surface area contributed by atoms with E-state index in [-0.39, 0.29) is 5.75 Å². The molecule has 0 radical (unpaired) electrons. The number of aliphatic carboxylic acids is 1. The molecule has 0 unspecified atom stereocenters. The van der Waals surface area contributed by atoms with Crippen LogP contribution in [0.15, 0.2) is 27.8 Å². The molecule has 0 saturated carbocycles. The van der Waals surface area contributed by atoms with Crippen LogP contribution in [-0.4, -0.2) is 26.4 Å². The minimum Gasteiger partial charge on any atom is -0.481 e. The van der Waals surface area contributed by atoms with Crippen LogP contribution in [0.1, 0.15) is 20.3 Å². The number of benzene rings is 1. The van der Waals surface area contributed by atoms with Gasteiger partial charge in [-0.25, -0.2) is 4.98 Å². The van der Waals surface area contributed by atoms with Gasteiger partial charge in [-0.05, 0) is 30.5 Å². The molecule has 4 nitrogen and oxygen atoms in total. The zero-order valence-electron chi connectivity index (χ0n) is 11.5. The lowest BCUT2D eigenvalue weighted by Gasteiger charge is -2.10. The van der Waals surface area contributed by atoms with Gasteiger partial charge in [-0.2, -0.15) is 0 Å². The van der Waals surface area contributed by atoms with E-state index in [1.54, 1.807) is 0 Å². The third-order valence-corrected chi connectivity index (χ3v) is 4.38. The molecule has 0 aliphatic carbocycles. The maximum atomic E-state index is 10.8. The van der Waals surface area contributed by atoms with Gasteiger partial charge in [0.2, 0.25) is 0 Å². The molecule has 2 rings (SSSR count). The van der Waals surface area contributed by atoms with Crippen LogP contribution >= 0.6 is 27.7 Å². The van der Waals surface area contributed by atoms with Gasteiger partial charge < -0.3 is 9.67 Å². The van der Waals surface area contributed by atoms with Crippen molar-refractivity contribution in [2.24, 2.45) is 5.92 Å². The van der Waals surface area contributed by atoms with Crippen molar-refractivity contribution in [2.45, 2.75) is 32.0 Å². The molecule has 20 heavy (non-hydrogen) atoms. The first-order valence-corrected chi connectivity index (χ1v) is 8.25. The highest BCUT2D eigenvalue weighted by molar-refractivity contribution is 9.10. The molecule has 1 N–H and O–H groups in total. The molecule has 0 amide bonds. The number of carbonyl (C=O) groups is 1. The average molecular weight is 357 g/mol. The fourth-order valence-corrected chi connectivity index (χ4v) is 3.03. The Hall–Kier alpha value is -1.01. The predicted molar refractivity (Wildman–Crippen MR) is 85.2 cm³/mol. The Labute approximate surface area is 130 Å². The highest BCUT2D eigenvalue weighted by atomic mass is 79.9. The second-order valence-electron chi connectivity index (χ2n) is 5.04. The van der Waals surface area contributed by atoms with Crippen molar-refractivity contribution >= 4 is 44.7 Å². The fourth-order valence-electron chi connectivity index (χ4n) is 1.92. The standard InChI is InChI=1S/C14H17BrN2O2S/c1-9(2)5-6-17-12-4-3-10(15)7-11(12)16-14(17)20-8-13(18)19/h3-4,7,9H,5-6,8H2,1-2H3,(H,18,19). The number of rotatable bonds is 6. The van der Waals surface area contributed by atoms with Crippen molar-refractivity contribution in [1.82, 2.24) is 9.55 Å². The summed E-state index contributed by atoms with van der Waals surface area (Å²) in [7, 11) is 0. The van der Waals surface area contributed by atoms with Gasteiger partial charge in [0, 0.05) is 11.0 Å². The van der Waals surface area contributed by atoms with Crippen molar-refractivity contribution < 1.29 is 9.90 Å². The lowest BCUT2D eigenvalue weighted by Crippen LogP contribution is -2.05. The number of hydrogen-bond acceptors (Lipinski definition) is 3. The third-order valence-electron chi connectivity index (χ3n) is 2.93. The molecule has 0 fully saturated rings. The van der Waals surface area contributed by atoms with Crippen LogP contribution in [0.25, 0.3) is 11.0 Å². The molecule has 6 heteroatoms. The zero-order valence-corrected chi connectivity index (χ0v) is 13.9. The number of nitrogens with zero attached hydrogens (tertiary/aromatic N) is 2. The largest absolute Gasteiger partial charge is 0.481 e. The topological polar surface area (TPSA) is 55.1 Å². The number of aromatic nitrogens is 2. The van der Waals surface area contributed by atoms with Crippen LogP contribution in [-0.2, 0) is 11.3 Å². The molecule has 1 aromatic heterocycles. The monoisotopic (exact) mass is 356 g/mol. The van der Waals surface area contributed by atoms with Crippen molar-refractivity contribution in [3.05, 3.63) is 22.7 Å². The second kappa shape index (κ2) is 6.63. The number of halogens is 1. The minimum atomic E-state index is -0.821. The smallest absolute Gasteiger partial charge is 0.313 e. The summed E-state index contributed by atoms with van der Waals surface area (Å²) in [6.07, 6.45) is 1.04. The highest BCUT2D eigenvalue weighted by Gasteiger charge is 2.13. The Kier molecular flexibility index (Phi) is 5.10. The molecule has 0 saturated heterocycles. The minimum absolute atomic E-state index is 0.0339. The summed E-state index contributed by atoms with van der Waals surface area (Å²) in [6.45, 7) is 5.22. The molecule has 0 bridgehead atoms. The summed E-state index contributed by atoms with van der Waals surface area (Å²) in [4.78, 5) is 15.3. The van der Waals surface area contributed by atoms with E-state index in [1.165, 1.54) is 11.8 Å². The quantitative estimate of drug-likeness (QED) is 0.794. The van der Waals surface area contributed by atoms with Crippen molar-refractivity contribution in [2.75, 3.05) is 5.75 Å². The number of carboxylic acid groups (broad SMARTS) is 1. The van der Waals surface area contributed by atoms with E-state index in [0.29, 0.717) is 5.92 Å². The number of aryl methyl sites for hydroxylation is 1. The van der Waals surface area contributed by atoms with Gasteiger partial charge in [0.15, 0.2) is 5.16 Å². The van der Waals surface area contributed by atoms with Crippen molar-refractivity contribution in [1.29, 1.82) is 0 Å². The van der Waals surface area contributed by atoms with Gasteiger partial charge in [-0.3, -0.25) is 4.79 Å². The number of carboxylic acids is 1. The maximum Gasteiger partial charge on any atom is 0.313 e. The second-order valence-corrected chi connectivity index (χ2v) is 6.90. The summed E-state index contributed by atoms with van der Waals surface area (Å²) in [5.41, 5.74) is 1.96. The zero-order chi connectivity index (χ0) is 14.7. The summed E-state index contributed by atoms with van der Waals surface area (Å²) < 4.78 is 3.10. The Morgan fingerprint density at radius 3 is 2.90 bits per heavy atom. The van der Waals surface area contributed by atoms with E-state index < -0.39 is 5.97 Å². The van der Waals surface area contributed by atoms with Crippen LogP contribution in [0.4, 0.5) is 0 Å². The lowest BCUT2D eigenvalue weighted by atomic mass is 10.1. The Morgan fingerprint density at radius 2 is 2.25 bits per heavy atom. The molecule has 0 spiro atoms. The van der Waals surface area contributed by atoms with Crippen LogP contribution in [0, 0.1) is 5.92 Å². The maximum absolute atomic E-state index is 10.8. The molecular formula is C14H17BrN2O2S. The summed E-state index contributed by atoms with van der Waals surface area (Å²) in [5, 5.41) is 9.62. The van der Waals surface area contributed by atoms with E-state index in [1.807, 2.05) is 18.2 Å². The predicted octanol–water partition coefficient (Wildman–Crippen LogP) is 4.02. The lowest BCUT2D eigenvalue weighted by molar-refractivity contribution is -0.133. The molecule has 0 aliphatic heterocycles. The van der Waals surface area contributed by atoms with Gasteiger partial charge in [-0.1, -0.05) is 41.5 Å². The molecule has 2 aromatic rings. The summed E-state index contributed by atoms with van der Waals surface area (Å²) in [5.74, 6) is -0.189. The average Bonchev–Trinajstić information content (AvgIpc) is 2.70. The molecule has 1 heterocycles. The first-order chi connectivity index (χ1) is 9.47. The van der Waals surface area contributed by atoms with Gasteiger partial charge in [0.1, 0.15) is 0 Å². The molecule has 0 aliphatic rings. The normalized spacial score (nSPS) is 11.4. The third kappa shape index (κ3) is 3.76. The van der Waals surface area contributed by atoms with Crippen LogP contribution in [0.2, 0.25) is 0 Å². The molecular weight excluding hydrogens is 340 g/mol. The SMILES string of the molecule is CC(C)CCn1c(SCC(=O)O)nc2cc(Br)ccc21. The molecule has 0 atom stereocenters. The van der Waals surface area contributed by atoms with E-state index in [4.69, 9.17) is 5.11 Å². The first-order valence-electron chi connectivity index (χ1n) is 6.47. The van der Waals surface area contributed by atoms with Gasteiger partial charge >= 0.3 is 5.97 Å². The van der Waals surface area contributed by atoms with Gasteiger partial charge in [0.05, 0.1) is 16.8 Å². The number of hydrogen-bond donors (Lipinski definition) is 1. The fraction of sp³-hybridized carbons (Fsp3) is 0.429. The Morgan fingerprint density at radius 1 is 1.50 bits per heavy atom. The molecule has 108 valence electrons. The first kappa shape index (κ1) is 15.4. The summed E-state index contributed by atoms with van der Waals surface area (Å²) in [6, 6.07) is 5.98.